The van der Waals surface area contributed by atoms with Crippen molar-refractivity contribution in [3.05, 3.63) is 71.5 Å². The SMILES string of the molecule is CCC(OCc1ccccc1F)C(=O)c1ccccc1. The first-order valence-corrected chi connectivity index (χ1v) is 6.66. The number of hydrogen-bond donors (Lipinski definition) is 0. The lowest BCUT2D eigenvalue weighted by molar-refractivity contribution is 0.0317. The molecule has 0 fully saturated rings. The van der Waals surface area contributed by atoms with Crippen molar-refractivity contribution in [3.8, 4) is 0 Å². The summed E-state index contributed by atoms with van der Waals surface area (Å²) in [6.07, 6.45) is 0.0133. The molecule has 1 unspecified atom stereocenters. The Labute approximate surface area is 118 Å². The summed E-state index contributed by atoms with van der Waals surface area (Å²) >= 11 is 0. The van der Waals surface area contributed by atoms with Gasteiger partial charge in [-0.05, 0) is 12.5 Å². The Kier molecular flexibility index (Phi) is 5.02. The largest absolute Gasteiger partial charge is 0.365 e. The van der Waals surface area contributed by atoms with Crippen molar-refractivity contribution in [1.29, 1.82) is 0 Å². The molecule has 0 aromatic heterocycles. The van der Waals surface area contributed by atoms with E-state index >= 15 is 0 Å². The van der Waals surface area contributed by atoms with Crippen molar-refractivity contribution in [2.24, 2.45) is 0 Å². The Morgan fingerprint density at radius 2 is 1.75 bits per heavy atom. The lowest BCUT2D eigenvalue weighted by atomic mass is 10.0. The number of hydrogen-bond acceptors (Lipinski definition) is 2. The van der Waals surface area contributed by atoms with Gasteiger partial charge in [-0.2, -0.15) is 0 Å². The van der Waals surface area contributed by atoms with Gasteiger partial charge in [0.25, 0.3) is 0 Å². The van der Waals surface area contributed by atoms with E-state index in [1.54, 1.807) is 30.3 Å². The van der Waals surface area contributed by atoms with E-state index in [0.29, 0.717) is 17.5 Å². The second-order valence-electron chi connectivity index (χ2n) is 4.53. The zero-order valence-corrected chi connectivity index (χ0v) is 11.4. The van der Waals surface area contributed by atoms with E-state index < -0.39 is 6.10 Å². The van der Waals surface area contributed by atoms with Crippen LogP contribution in [0.1, 0.15) is 29.3 Å². The first kappa shape index (κ1) is 14.4. The standard InChI is InChI=1S/C17H17FO2/c1-2-16(17(19)13-8-4-3-5-9-13)20-12-14-10-6-7-11-15(14)18/h3-11,16H,2,12H2,1H3. The molecule has 3 heteroatoms. The molecule has 0 spiro atoms. The highest BCUT2D eigenvalue weighted by molar-refractivity contribution is 5.99. The molecule has 2 rings (SSSR count). The molecule has 0 aliphatic carbocycles. The zero-order valence-electron chi connectivity index (χ0n) is 11.4. The summed E-state index contributed by atoms with van der Waals surface area (Å²) in [6.45, 7) is 1.98. The second-order valence-corrected chi connectivity index (χ2v) is 4.53. The molecule has 1 atom stereocenters. The average molecular weight is 272 g/mol. The molecule has 104 valence electrons. The van der Waals surface area contributed by atoms with Crippen LogP contribution in [0.4, 0.5) is 4.39 Å². The van der Waals surface area contributed by atoms with Crippen LogP contribution in [0.15, 0.2) is 54.6 Å². The van der Waals surface area contributed by atoms with Gasteiger partial charge in [-0.25, -0.2) is 4.39 Å². The second kappa shape index (κ2) is 6.96. The zero-order chi connectivity index (χ0) is 14.4. The van der Waals surface area contributed by atoms with Gasteiger partial charge in [0, 0.05) is 11.1 Å². The molecule has 0 saturated heterocycles. The molecule has 0 aliphatic heterocycles. The number of halogens is 1. The van der Waals surface area contributed by atoms with Crippen molar-refractivity contribution in [2.75, 3.05) is 0 Å². The third-order valence-electron chi connectivity index (χ3n) is 3.12. The van der Waals surface area contributed by atoms with Crippen LogP contribution in [0.3, 0.4) is 0 Å². The number of carbonyl (C=O) groups is 1. The lowest BCUT2D eigenvalue weighted by Gasteiger charge is -2.15. The Bertz CT molecular complexity index is 566. The number of ketones is 1. The third kappa shape index (κ3) is 3.52. The van der Waals surface area contributed by atoms with Crippen LogP contribution >= 0.6 is 0 Å². The van der Waals surface area contributed by atoms with Gasteiger partial charge in [-0.15, -0.1) is 0 Å². The summed E-state index contributed by atoms with van der Waals surface area (Å²) in [7, 11) is 0. The number of benzene rings is 2. The Hall–Kier alpha value is -2.00. The van der Waals surface area contributed by atoms with Crippen LogP contribution in [0, 0.1) is 5.82 Å². The molecule has 0 aliphatic rings. The minimum Gasteiger partial charge on any atom is -0.365 e. The highest BCUT2D eigenvalue weighted by Crippen LogP contribution is 2.14. The molecular weight excluding hydrogens is 255 g/mol. The summed E-state index contributed by atoms with van der Waals surface area (Å²) in [5.74, 6) is -0.376. The molecule has 0 radical (unpaired) electrons. The smallest absolute Gasteiger partial charge is 0.191 e. The van der Waals surface area contributed by atoms with Crippen molar-refractivity contribution in [3.63, 3.8) is 0 Å². The van der Waals surface area contributed by atoms with E-state index in [1.165, 1.54) is 6.07 Å². The molecule has 0 heterocycles. The number of Topliss-reactive ketones (excluding diaryl/α,β-unsaturated/α-hetero) is 1. The van der Waals surface area contributed by atoms with Crippen molar-refractivity contribution in [2.45, 2.75) is 26.1 Å². The molecule has 2 aromatic rings. The van der Waals surface area contributed by atoms with Gasteiger partial charge in [-0.1, -0.05) is 55.5 Å². The fourth-order valence-electron chi connectivity index (χ4n) is 1.97. The maximum atomic E-state index is 13.5. The van der Waals surface area contributed by atoms with E-state index in [4.69, 9.17) is 4.74 Å². The predicted octanol–water partition coefficient (Wildman–Crippen LogP) is 4.00. The predicted molar refractivity (Wildman–Crippen MR) is 76.0 cm³/mol. The quantitative estimate of drug-likeness (QED) is 0.743. The minimum atomic E-state index is -0.544. The van der Waals surface area contributed by atoms with E-state index in [0.717, 1.165) is 0 Å². The maximum absolute atomic E-state index is 13.5. The average Bonchev–Trinajstić information content (AvgIpc) is 2.50. The van der Waals surface area contributed by atoms with Crippen LogP contribution in [0.5, 0.6) is 0 Å². The molecular formula is C17H17FO2. The van der Waals surface area contributed by atoms with Gasteiger partial charge in [0.2, 0.25) is 0 Å². The topological polar surface area (TPSA) is 26.3 Å². The normalized spacial score (nSPS) is 12.1. The van der Waals surface area contributed by atoms with Crippen molar-refractivity contribution in [1.82, 2.24) is 0 Å². The summed E-state index contributed by atoms with van der Waals surface area (Å²) < 4.78 is 19.1. The van der Waals surface area contributed by atoms with Gasteiger partial charge in [-0.3, -0.25) is 4.79 Å². The number of ether oxygens (including phenoxy) is 1. The van der Waals surface area contributed by atoms with Gasteiger partial charge >= 0.3 is 0 Å². The minimum absolute atomic E-state index is 0.0653. The summed E-state index contributed by atoms with van der Waals surface area (Å²) in [5.41, 5.74) is 1.08. The summed E-state index contributed by atoms with van der Waals surface area (Å²) in [6, 6.07) is 15.4. The van der Waals surface area contributed by atoms with Gasteiger partial charge in [0.1, 0.15) is 11.9 Å². The molecule has 2 nitrogen and oxygen atoms in total. The highest BCUT2D eigenvalue weighted by atomic mass is 19.1. The lowest BCUT2D eigenvalue weighted by Crippen LogP contribution is -2.23. The van der Waals surface area contributed by atoms with Crippen LogP contribution in [0.25, 0.3) is 0 Å². The molecule has 0 saturated carbocycles. The van der Waals surface area contributed by atoms with Crippen LogP contribution in [-0.2, 0) is 11.3 Å². The van der Waals surface area contributed by atoms with E-state index in [-0.39, 0.29) is 18.2 Å². The van der Waals surface area contributed by atoms with Crippen LogP contribution in [0.2, 0.25) is 0 Å². The number of rotatable bonds is 6. The highest BCUT2D eigenvalue weighted by Gasteiger charge is 2.19. The molecule has 20 heavy (non-hydrogen) atoms. The van der Waals surface area contributed by atoms with E-state index in [9.17, 15) is 9.18 Å². The molecule has 0 N–H and O–H groups in total. The summed E-state index contributed by atoms with van der Waals surface area (Å²) in [5, 5.41) is 0. The van der Waals surface area contributed by atoms with Crippen molar-refractivity contribution >= 4 is 5.78 Å². The van der Waals surface area contributed by atoms with Gasteiger partial charge < -0.3 is 4.74 Å². The molecule has 0 bridgehead atoms. The first-order valence-electron chi connectivity index (χ1n) is 6.66. The van der Waals surface area contributed by atoms with Gasteiger partial charge in [0.15, 0.2) is 5.78 Å². The Balaban J connectivity index is 2.03. The molecule has 0 amide bonds. The Morgan fingerprint density at radius 1 is 1.10 bits per heavy atom. The van der Waals surface area contributed by atoms with Crippen LogP contribution < -0.4 is 0 Å². The van der Waals surface area contributed by atoms with Gasteiger partial charge in [0.05, 0.1) is 6.61 Å². The fraction of sp³-hybridized carbons (Fsp3) is 0.235. The maximum Gasteiger partial charge on any atom is 0.191 e. The Morgan fingerprint density at radius 3 is 2.40 bits per heavy atom. The van der Waals surface area contributed by atoms with Crippen LogP contribution in [-0.4, -0.2) is 11.9 Å². The summed E-state index contributed by atoms with van der Waals surface area (Å²) in [4.78, 5) is 12.3. The monoisotopic (exact) mass is 272 g/mol. The fourth-order valence-corrected chi connectivity index (χ4v) is 1.97. The van der Waals surface area contributed by atoms with E-state index in [1.807, 2.05) is 25.1 Å². The van der Waals surface area contributed by atoms with Crippen molar-refractivity contribution < 1.29 is 13.9 Å². The van der Waals surface area contributed by atoms with E-state index in [2.05, 4.69) is 0 Å². The third-order valence-corrected chi connectivity index (χ3v) is 3.12. The first-order chi connectivity index (χ1) is 9.72. The number of carbonyl (C=O) groups excluding carboxylic acids is 1. The molecule has 2 aromatic carbocycles.